The molecule has 0 radical (unpaired) electrons. The summed E-state index contributed by atoms with van der Waals surface area (Å²) in [7, 11) is 0. The third-order valence-corrected chi connectivity index (χ3v) is 8.43. The molecule has 0 saturated heterocycles. The minimum Gasteiger partial charge on any atom is -0.308 e. The number of nitrogens with zero attached hydrogens (tertiary/aromatic N) is 1. The van der Waals surface area contributed by atoms with Gasteiger partial charge in [-0.2, -0.15) is 0 Å². The van der Waals surface area contributed by atoms with Gasteiger partial charge in [0.25, 0.3) is 0 Å². The van der Waals surface area contributed by atoms with E-state index < -0.39 is 0 Å². The van der Waals surface area contributed by atoms with Crippen molar-refractivity contribution in [3.8, 4) is 39.1 Å². The summed E-state index contributed by atoms with van der Waals surface area (Å²) in [4.78, 5) is 0. The highest BCUT2D eigenvalue weighted by Crippen LogP contribution is 2.60. The van der Waals surface area contributed by atoms with Gasteiger partial charge in [-0.05, 0) is 57.6 Å². The van der Waals surface area contributed by atoms with Gasteiger partial charge in [-0.3, -0.25) is 0 Å². The van der Waals surface area contributed by atoms with Crippen LogP contribution in [0.15, 0.2) is 97.1 Å². The van der Waals surface area contributed by atoms with Crippen molar-refractivity contribution < 1.29 is 0 Å². The van der Waals surface area contributed by atoms with Crippen molar-refractivity contribution in [2.24, 2.45) is 0 Å². The van der Waals surface area contributed by atoms with Gasteiger partial charge in [0, 0.05) is 32.3 Å². The summed E-state index contributed by atoms with van der Waals surface area (Å²) in [6, 6.07) is 35.4. The highest BCUT2D eigenvalue weighted by atomic mass is 35.5. The molecular formula is C33H22ClN. The highest BCUT2D eigenvalue weighted by molar-refractivity contribution is 6.30. The number of benzene rings is 5. The summed E-state index contributed by atoms with van der Waals surface area (Å²) in [6.45, 7) is 4.76. The Morgan fingerprint density at radius 3 is 2.23 bits per heavy atom. The van der Waals surface area contributed by atoms with Crippen LogP contribution in [0.4, 0.5) is 0 Å². The molecule has 0 amide bonds. The van der Waals surface area contributed by atoms with Gasteiger partial charge in [0.05, 0.1) is 16.7 Å². The molecular weight excluding hydrogens is 446 g/mol. The van der Waals surface area contributed by atoms with Crippen LogP contribution in [0.25, 0.3) is 60.9 Å². The Labute approximate surface area is 209 Å². The SMILES string of the molecule is CC1(C)c2ccc3c4ccccc4n4c3c2-c2c(ccc(-c3ccc(Cl)cc3)c21)-c1ccccc1-4. The summed E-state index contributed by atoms with van der Waals surface area (Å²) < 4.78 is 2.51. The van der Waals surface area contributed by atoms with Crippen molar-refractivity contribution >= 4 is 33.4 Å². The first-order valence-corrected chi connectivity index (χ1v) is 12.5. The summed E-state index contributed by atoms with van der Waals surface area (Å²) >= 11 is 6.26. The maximum absolute atomic E-state index is 6.26. The van der Waals surface area contributed by atoms with E-state index in [1.807, 2.05) is 12.1 Å². The van der Waals surface area contributed by atoms with Crippen LogP contribution in [0.2, 0.25) is 5.02 Å². The molecule has 35 heavy (non-hydrogen) atoms. The van der Waals surface area contributed by atoms with E-state index in [1.54, 1.807) is 0 Å². The van der Waals surface area contributed by atoms with Crippen molar-refractivity contribution in [2.75, 3.05) is 0 Å². The summed E-state index contributed by atoms with van der Waals surface area (Å²) in [5, 5.41) is 3.40. The lowest BCUT2D eigenvalue weighted by atomic mass is 9.77. The van der Waals surface area contributed by atoms with Crippen molar-refractivity contribution in [3.63, 3.8) is 0 Å². The van der Waals surface area contributed by atoms with Crippen LogP contribution in [0.1, 0.15) is 25.0 Å². The minimum absolute atomic E-state index is 0.128. The lowest BCUT2D eigenvalue weighted by Gasteiger charge is -2.26. The average molecular weight is 468 g/mol. The van der Waals surface area contributed by atoms with Crippen molar-refractivity contribution in [1.29, 1.82) is 0 Å². The van der Waals surface area contributed by atoms with Crippen LogP contribution in [0, 0.1) is 0 Å². The van der Waals surface area contributed by atoms with Crippen LogP contribution in [-0.4, -0.2) is 4.57 Å². The standard InChI is InChI=1S/C33H22ClN/c1-33(2)26-18-17-25-23-8-4-6-10-28(23)35-27-9-5-3-7-22(27)24-16-15-21(19-11-13-20(34)14-12-19)31(33)29(24)30(26)32(25)35/h3-18H,1-2H3. The maximum atomic E-state index is 6.26. The number of fused-ring (bicyclic) bond motifs is 6. The monoisotopic (exact) mass is 467 g/mol. The summed E-state index contributed by atoms with van der Waals surface area (Å²) in [5.74, 6) is 0. The molecule has 0 spiro atoms. The third-order valence-electron chi connectivity index (χ3n) is 8.18. The fraction of sp³-hybridized carbons (Fsp3) is 0.0909. The molecule has 6 aromatic rings. The topological polar surface area (TPSA) is 4.93 Å². The van der Waals surface area contributed by atoms with Gasteiger partial charge in [-0.1, -0.05) is 98.2 Å². The smallest absolute Gasteiger partial charge is 0.0623 e. The number of aromatic nitrogens is 1. The number of hydrogen-bond donors (Lipinski definition) is 0. The van der Waals surface area contributed by atoms with E-state index in [1.165, 1.54) is 72.0 Å². The summed E-state index contributed by atoms with van der Waals surface area (Å²) in [5.41, 5.74) is 14.4. The zero-order chi connectivity index (χ0) is 23.5. The van der Waals surface area contributed by atoms with E-state index in [0.29, 0.717) is 0 Å². The Kier molecular flexibility index (Phi) is 3.59. The second kappa shape index (κ2) is 6.44. The Balaban J connectivity index is 1.64. The van der Waals surface area contributed by atoms with Gasteiger partial charge in [-0.25, -0.2) is 0 Å². The molecule has 166 valence electrons. The molecule has 0 bridgehead atoms. The van der Waals surface area contributed by atoms with Gasteiger partial charge in [0.2, 0.25) is 0 Å². The molecule has 2 heteroatoms. The lowest BCUT2D eigenvalue weighted by molar-refractivity contribution is 0.662. The molecule has 1 nitrogen and oxygen atoms in total. The van der Waals surface area contributed by atoms with E-state index in [2.05, 4.69) is 103 Å². The molecule has 8 rings (SSSR count). The fourth-order valence-corrected chi connectivity index (χ4v) is 6.84. The number of hydrogen-bond acceptors (Lipinski definition) is 0. The second-order valence-electron chi connectivity index (χ2n) is 10.3. The number of halogens is 1. The third kappa shape index (κ3) is 2.30. The van der Waals surface area contributed by atoms with Gasteiger partial charge in [0.15, 0.2) is 0 Å². The second-order valence-corrected chi connectivity index (χ2v) is 10.7. The molecule has 0 unspecified atom stereocenters. The maximum Gasteiger partial charge on any atom is 0.0623 e. The molecule has 0 atom stereocenters. The molecule has 2 aliphatic rings. The predicted octanol–water partition coefficient (Wildman–Crippen LogP) is 9.39. The molecule has 0 N–H and O–H groups in total. The Bertz CT molecular complexity index is 1870. The van der Waals surface area contributed by atoms with Crippen LogP contribution >= 0.6 is 11.6 Å². The molecule has 0 saturated carbocycles. The fourth-order valence-electron chi connectivity index (χ4n) is 6.72. The average Bonchev–Trinajstić information content (AvgIpc) is 3.29. The van der Waals surface area contributed by atoms with E-state index in [-0.39, 0.29) is 5.41 Å². The van der Waals surface area contributed by atoms with Gasteiger partial charge in [-0.15, -0.1) is 0 Å². The van der Waals surface area contributed by atoms with Crippen LogP contribution < -0.4 is 0 Å². The molecule has 2 heterocycles. The first-order valence-electron chi connectivity index (χ1n) is 12.2. The van der Waals surface area contributed by atoms with Crippen LogP contribution in [-0.2, 0) is 5.41 Å². The van der Waals surface area contributed by atoms with Gasteiger partial charge < -0.3 is 4.57 Å². The predicted molar refractivity (Wildman–Crippen MR) is 148 cm³/mol. The van der Waals surface area contributed by atoms with Crippen molar-refractivity contribution in [2.45, 2.75) is 19.3 Å². The zero-order valence-corrected chi connectivity index (χ0v) is 20.3. The molecule has 0 fully saturated rings. The first-order chi connectivity index (χ1) is 17.1. The van der Waals surface area contributed by atoms with Gasteiger partial charge >= 0.3 is 0 Å². The Morgan fingerprint density at radius 1 is 0.629 bits per heavy atom. The number of rotatable bonds is 1. The van der Waals surface area contributed by atoms with Gasteiger partial charge in [0.1, 0.15) is 0 Å². The normalized spacial score (nSPS) is 14.4. The highest BCUT2D eigenvalue weighted by Gasteiger charge is 2.42. The number of para-hydroxylation sites is 2. The quantitative estimate of drug-likeness (QED) is 0.226. The minimum atomic E-state index is -0.128. The van der Waals surface area contributed by atoms with Crippen LogP contribution in [0.5, 0.6) is 0 Å². The Morgan fingerprint density at radius 2 is 1.37 bits per heavy atom. The largest absolute Gasteiger partial charge is 0.308 e. The van der Waals surface area contributed by atoms with E-state index >= 15 is 0 Å². The molecule has 1 aliphatic carbocycles. The van der Waals surface area contributed by atoms with Crippen LogP contribution in [0.3, 0.4) is 0 Å². The zero-order valence-electron chi connectivity index (χ0n) is 19.6. The van der Waals surface area contributed by atoms with Crippen molar-refractivity contribution in [3.05, 3.63) is 113 Å². The van der Waals surface area contributed by atoms with E-state index in [0.717, 1.165) is 5.02 Å². The molecule has 1 aliphatic heterocycles. The van der Waals surface area contributed by atoms with E-state index in [9.17, 15) is 0 Å². The first kappa shape index (κ1) is 19.5. The van der Waals surface area contributed by atoms with Crippen molar-refractivity contribution in [1.82, 2.24) is 4.57 Å². The van der Waals surface area contributed by atoms with E-state index in [4.69, 9.17) is 11.6 Å². The molecule has 1 aromatic heterocycles. The summed E-state index contributed by atoms with van der Waals surface area (Å²) in [6.07, 6.45) is 0. The Hall–Kier alpha value is -3.81. The molecule has 5 aromatic carbocycles. The lowest BCUT2D eigenvalue weighted by Crippen LogP contribution is -2.16.